The van der Waals surface area contributed by atoms with Gasteiger partial charge in [0.05, 0.1) is 30.6 Å². The van der Waals surface area contributed by atoms with E-state index in [9.17, 15) is 0 Å². The van der Waals surface area contributed by atoms with Gasteiger partial charge in [-0.3, -0.25) is 0 Å². The van der Waals surface area contributed by atoms with E-state index in [1.807, 2.05) is 20.8 Å². The molecule has 0 N–H and O–H groups in total. The second kappa shape index (κ2) is 5.93. The van der Waals surface area contributed by atoms with Crippen LogP contribution in [0.5, 0.6) is 0 Å². The Balaban J connectivity index is 0.000000461. The standard InChI is InChI=1S/C7H11N3OS.C2H6/c1-6-7(9-12-8-6)10-2-4-11-5-3-10;1-2/h2-5H2,1H3;1-2H3. The summed E-state index contributed by atoms with van der Waals surface area (Å²) in [5, 5.41) is 0. The number of ether oxygens (including phenoxy) is 1. The van der Waals surface area contributed by atoms with Crippen LogP contribution in [0.3, 0.4) is 0 Å². The Bertz CT molecular complexity index is 258. The Morgan fingerprint density at radius 3 is 2.36 bits per heavy atom. The van der Waals surface area contributed by atoms with Gasteiger partial charge in [-0.15, -0.1) is 0 Å². The van der Waals surface area contributed by atoms with E-state index < -0.39 is 0 Å². The van der Waals surface area contributed by atoms with Crippen LogP contribution >= 0.6 is 11.7 Å². The van der Waals surface area contributed by atoms with Gasteiger partial charge in [0.1, 0.15) is 0 Å². The number of rotatable bonds is 1. The van der Waals surface area contributed by atoms with Gasteiger partial charge in [-0.25, -0.2) is 0 Å². The zero-order valence-electron chi connectivity index (χ0n) is 8.99. The number of anilines is 1. The minimum absolute atomic E-state index is 0.803. The van der Waals surface area contributed by atoms with Crippen molar-refractivity contribution in [2.45, 2.75) is 20.8 Å². The van der Waals surface area contributed by atoms with Crippen molar-refractivity contribution in [3.63, 3.8) is 0 Å². The number of hydrogen-bond donors (Lipinski definition) is 0. The molecule has 0 aromatic carbocycles. The molecule has 1 saturated heterocycles. The van der Waals surface area contributed by atoms with E-state index in [1.54, 1.807) is 0 Å². The van der Waals surface area contributed by atoms with Gasteiger partial charge >= 0.3 is 0 Å². The van der Waals surface area contributed by atoms with E-state index in [1.165, 1.54) is 11.7 Å². The lowest BCUT2D eigenvalue weighted by atomic mass is 10.4. The molecule has 0 atom stereocenters. The number of hydrogen-bond acceptors (Lipinski definition) is 5. The third-order valence-electron chi connectivity index (χ3n) is 1.94. The molecule has 1 fully saturated rings. The fraction of sp³-hybridized carbons (Fsp3) is 0.778. The quantitative estimate of drug-likeness (QED) is 0.715. The summed E-state index contributed by atoms with van der Waals surface area (Å²) in [6.45, 7) is 9.47. The van der Waals surface area contributed by atoms with Crippen molar-refractivity contribution in [2.24, 2.45) is 0 Å². The normalized spacial score (nSPS) is 16.1. The van der Waals surface area contributed by atoms with Crippen molar-refractivity contribution in [3.05, 3.63) is 5.69 Å². The topological polar surface area (TPSA) is 38.2 Å². The Kier molecular flexibility index (Phi) is 4.82. The van der Waals surface area contributed by atoms with Crippen molar-refractivity contribution in [2.75, 3.05) is 31.2 Å². The molecule has 0 radical (unpaired) electrons. The summed E-state index contributed by atoms with van der Waals surface area (Å²) in [6, 6.07) is 0. The predicted molar refractivity (Wildman–Crippen MR) is 59.0 cm³/mol. The van der Waals surface area contributed by atoms with Crippen molar-refractivity contribution in [3.8, 4) is 0 Å². The molecule has 0 spiro atoms. The lowest BCUT2D eigenvalue weighted by molar-refractivity contribution is 0.122. The van der Waals surface area contributed by atoms with Crippen molar-refractivity contribution in [1.82, 2.24) is 8.75 Å². The first-order valence-corrected chi connectivity index (χ1v) is 5.73. The zero-order valence-corrected chi connectivity index (χ0v) is 9.80. The molecule has 0 amide bonds. The largest absolute Gasteiger partial charge is 0.378 e. The Hall–Kier alpha value is -0.680. The van der Waals surface area contributed by atoms with Crippen molar-refractivity contribution >= 4 is 17.5 Å². The first-order valence-electron chi connectivity index (χ1n) is 5.00. The van der Waals surface area contributed by atoms with Crippen LogP contribution in [0, 0.1) is 6.92 Å². The van der Waals surface area contributed by atoms with Gasteiger partial charge in [-0.05, 0) is 6.92 Å². The molecule has 1 aliphatic heterocycles. The summed E-state index contributed by atoms with van der Waals surface area (Å²) in [7, 11) is 0. The molecule has 2 heterocycles. The van der Waals surface area contributed by atoms with E-state index in [-0.39, 0.29) is 0 Å². The monoisotopic (exact) mass is 215 g/mol. The zero-order chi connectivity index (χ0) is 10.4. The highest BCUT2D eigenvalue weighted by atomic mass is 32.1. The molecule has 1 aliphatic rings. The maximum atomic E-state index is 5.25. The maximum Gasteiger partial charge on any atom is 0.165 e. The minimum Gasteiger partial charge on any atom is -0.378 e. The molecular weight excluding hydrogens is 198 g/mol. The summed E-state index contributed by atoms with van der Waals surface area (Å²) < 4.78 is 13.6. The molecule has 1 aromatic rings. The first-order chi connectivity index (χ1) is 6.88. The molecule has 80 valence electrons. The molecule has 0 saturated carbocycles. The molecule has 1 aromatic heterocycles. The Labute approximate surface area is 89.2 Å². The maximum absolute atomic E-state index is 5.25. The lowest BCUT2D eigenvalue weighted by Gasteiger charge is -2.26. The molecule has 0 aliphatic carbocycles. The van der Waals surface area contributed by atoms with Crippen molar-refractivity contribution in [1.29, 1.82) is 0 Å². The highest BCUT2D eigenvalue weighted by molar-refractivity contribution is 6.99. The smallest absolute Gasteiger partial charge is 0.165 e. The SMILES string of the molecule is CC.Cc1nsnc1N1CCOCC1. The van der Waals surface area contributed by atoms with Crippen LogP contribution in [0.25, 0.3) is 0 Å². The van der Waals surface area contributed by atoms with E-state index in [0.717, 1.165) is 37.8 Å². The summed E-state index contributed by atoms with van der Waals surface area (Å²) in [5.41, 5.74) is 1.03. The molecule has 2 rings (SSSR count). The second-order valence-corrected chi connectivity index (χ2v) is 3.30. The molecule has 0 unspecified atom stereocenters. The van der Waals surface area contributed by atoms with Crippen LogP contribution in [-0.4, -0.2) is 35.1 Å². The van der Waals surface area contributed by atoms with Crippen LogP contribution in [0.15, 0.2) is 0 Å². The third-order valence-corrected chi connectivity index (χ3v) is 2.55. The second-order valence-electron chi connectivity index (χ2n) is 2.77. The Morgan fingerprint density at radius 1 is 1.21 bits per heavy atom. The van der Waals surface area contributed by atoms with Gasteiger partial charge in [-0.1, -0.05) is 13.8 Å². The van der Waals surface area contributed by atoms with Crippen LogP contribution < -0.4 is 4.90 Å². The fourth-order valence-corrected chi connectivity index (χ4v) is 1.86. The summed E-state index contributed by atoms with van der Waals surface area (Å²) in [5.74, 6) is 1.03. The Morgan fingerprint density at radius 2 is 1.86 bits per heavy atom. The van der Waals surface area contributed by atoms with Crippen molar-refractivity contribution < 1.29 is 4.74 Å². The fourth-order valence-electron chi connectivity index (χ4n) is 1.29. The first kappa shape index (κ1) is 11.4. The highest BCUT2D eigenvalue weighted by Crippen LogP contribution is 2.17. The average molecular weight is 215 g/mol. The molecule has 14 heavy (non-hydrogen) atoms. The number of nitrogens with zero attached hydrogens (tertiary/aromatic N) is 3. The van der Waals surface area contributed by atoms with E-state index >= 15 is 0 Å². The van der Waals surface area contributed by atoms with Crippen LogP contribution in [-0.2, 0) is 4.74 Å². The van der Waals surface area contributed by atoms with Gasteiger partial charge in [0.2, 0.25) is 0 Å². The van der Waals surface area contributed by atoms with Gasteiger partial charge in [0.25, 0.3) is 0 Å². The van der Waals surface area contributed by atoms with Gasteiger partial charge in [0, 0.05) is 13.1 Å². The molecular formula is C9H17N3OS. The van der Waals surface area contributed by atoms with Crippen LogP contribution in [0.2, 0.25) is 0 Å². The summed E-state index contributed by atoms with van der Waals surface area (Å²) >= 11 is 1.28. The number of aryl methyl sites for hydroxylation is 1. The average Bonchev–Trinajstić information content (AvgIpc) is 2.69. The highest BCUT2D eigenvalue weighted by Gasteiger charge is 2.15. The van der Waals surface area contributed by atoms with E-state index in [4.69, 9.17) is 4.74 Å². The van der Waals surface area contributed by atoms with Gasteiger partial charge in [-0.2, -0.15) is 8.75 Å². The van der Waals surface area contributed by atoms with E-state index in [2.05, 4.69) is 13.6 Å². The summed E-state index contributed by atoms with van der Waals surface area (Å²) in [6.07, 6.45) is 0. The van der Waals surface area contributed by atoms with E-state index in [0.29, 0.717) is 0 Å². The van der Waals surface area contributed by atoms with Crippen LogP contribution in [0.4, 0.5) is 5.82 Å². The third kappa shape index (κ3) is 2.65. The lowest BCUT2D eigenvalue weighted by Crippen LogP contribution is -2.36. The summed E-state index contributed by atoms with van der Waals surface area (Å²) in [4.78, 5) is 2.22. The molecule has 4 nitrogen and oxygen atoms in total. The minimum atomic E-state index is 0.803. The molecule has 0 bridgehead atoms. The van der Waals surface area contributed by atoms with Crippen LogP contribution in [0.1, 0.15) is 19.5 Å². The molecule has 5 heteroatoms. The van der Waals surface area contributed by atoms with Gasteiger partial charge < -0.3 is 9.64 Å². The number of aromatic nitrogens is 2. The predicted octanol–water partition coefficient (Wildman–Crippen LogP) is 1.71. The number of morpholine rings is 1. The van der Waals surface area contributed by atoms with Gasteiger partial charge in [0.15, 0.2) is 5.82 Å².